The van der Waals surface area contributed by atoms with E-state index in [2.05, 4.69) is 29.3 Å². The van der Waals surface area contributed by atoms with Crippen molar-refractivity contribution in [3.05, 3.63) is 28.8 Å². The lowest BCUT2D eigenvalue weighted by atomic mass is 9.94. The van der Waals surface area contributed by atoms with Crippen LogP contribution in [-0.2, 0) is 6.54 Å². The van der Waals surface area contributed by atoms with Gasteiger partial charge in [0.25, 0.3) is 0 Å². The van der Waals surface area contributed by atoms with Gasteiger partial charge in [-0.05, 0) is 49.3 Å². The zero-order valence-corrected chi connectivity index (χ0v) is 13.1. The third kappa shape index (κ3) is 3.48. The van der Waals surface area contributed by atoms with Gasteiger partial charge in [-0.3, -0.25) is 0 Å². The zero-order chi connectivity index (χ0) is 13.9. The highest BCUT2D eigenvalue weighted by Gasteiger charge is 2.23. The summed E-state index contributed by atoms with van der Waals surface area (Å²) in [7, 11) is 0. The summed E-state index contributed by atoms with van der Waals surface area (Å²) in [5.41, 5.74) is 2.75. The maximum Gasteiger partial charge on any atom is 0.0426 e. The topological polar surface area (TPSA) is 15.3 Å². The molecule has 2 aliphatic rings. The standard InChI is InChI=1S/C17H25ClN2/c1-2-13-7-9-20(10-8-13)17-11-15(18)4-3-14(17)12-19-16-5-6-16/h3-4,11,13,16,19H,2,5-10,12H2,1H3. The van der Waals surface area contributed by atoms with Gasteiger partial charge in [0.1, 0.15) is 0 Å². The molecule has 0 spiro atoms. The third-order valence-electron chi connectivity index (χ3n) is 4.74. The van der Waals surface area contributed by atoms with Crippen LogP contribution in [0.1, 0.15) is 44.6 Å². The number of nitrogens with zero attached hydrogens (tertiary/aromatic N) is 1. The maximum atomic E-state index is 6.22. The first-order chi connectivity index (χ1) is 9.76. The van der Waals surface area contributed by atoms with Crippen molar-refractivity contribution in [2.24, 2.45) is 5.92 Å². The van der Waals surface area contributed by atoms with Gasteiger partial charge in [-0.2, -0.15) is 0 Å². The van der Waals surface area contributed by atoms with E-state index in [1.807, 2.05) is 6.07 Å². The lowest BCUT2D eigenvalue weighted by Crippen LogP contribution is -2.34. The molecule has 3 heteroatoms. The number of hydrogen-bond acceptors (Lipinski definition) is 2. The molecule has 0 aromatic heterocycles. The fraction of sp³-hybridized carbons (Fsp3) is 0.647. The highest BCUT2D eigenvalue weighted by Crippen LogP contribution is 2.30. The summed E-state index contributed by atoms with van der Waals surface area (Å²) in [4.78, 5) is 2.53. The van der Waals surface area contributed by atoms with Crippen molar-refractivity contribution >= 4 is 17.3 Å². The van der Waals surface area contributed by atoms with Crippen molar-refractivity contribution in [2.45, 2.75) is 51.6 Å². The van der Waals surface area contributed by atoms with Gasteiger partial charge in [-0.25, -0.2) is 0 Å². The highest BCUT2D eigenvalue weighted by molar-refractivity contribution is 6.30. The van der Waals surface area contributed by atoms with Gasteiger partial charge >= 0.3 is 0 Å². The second-order valence-electron chi connectivity index (χ2n) is 6.27. The van der Waals surface area contributed by atoms with Crippen molar-refractivity contribution in [3.8, 4) is 0 Å². The molecule has 0 atom stereocenters. The minimum absolute atomic E-state index is 0.754. The largest absolute Gasteiger partial charge is 0.371 e. The van der Waals surface area contributed by atoms with Gasteiger partial charge in [0.05, 0.1) is 0 Å². The zero-order valence-electron chi connectivity index (χ0n) is 12.4. The predicted octanol–water partition coefficient (Wildman–Crippen LogP) is 4.22. The third-order valence-corrected chi connectivity index (χ3v) is 4.97. The lowest BCUT2D eigenvalue weighted by molar-refractivity contribution is 0.394. The van der Waals surface area contributed by atoms with Crippen molar-refractivity contribution in [1.29, 1.82) is 0 Å². The predicted molar refractivity (Wildman–Crippen MR) is 86.5 cm³/mol. The van der Waals surface area contributed by atoms with Gasteiger partial charge in [0.15, 0.2) is 0 Å². The monoisotopic (exact) mass is 292 g/mol. The molecule has 110 valence electrons. The SMILES string of the molecule is CCC1CCN(c2cc(Cl)ccc2CNC2CC2)CC1. The Balaban J connectivity index is 1.71. The molecule has 1 aromatic rings. The first-order valence-electron chi connectivity index (χ1n) is 8.03. The maximum absolute atomic E-state index is 6.22. The Bertz CT molecular complexity index is 448. The second-order valence-corrected chi connectivity index (χ2v) is 6.70. The van der Waals surface area contributed by atoms with Crippen LogP contribution in [0.5, 0.6) is 0 Å². The first-order valence-corrected chi connectivity index (χ1v) is 8.41. The van der Waals surface area contributed by atoms with Gasteiger partial charge in [0, 0.05) is 36.4 Å². The molecular weight excluding hydrogens is 268 g/mol. The molecule has 1 aliphatic heterocycles. The Labute approximate surface area is 127 Å². The van der Waals surface area contributed by atoms with Crippen LogP contribution in [0.15, 0.2) is 18.2 Å². The Kier molecular flexibility index (Phi) is 4.52. The molecule has 0 radical (unpaired) electrons. The molecule has 1 aliphatic carbocycles. The minimum Gasteiger partial charge on any atom is -0.371 e. The molecule has 0 amide bonds. The van der Waals surface area contributed by atoms with E-state index in [1.165, 1.54) is 56.4 Å². The average molecular weight is 293 g/mol. The quantitative estimate of drug-likeness (QED) is 0.874. The van der Waals surface area contributed by atoms with E-state index in [9.17, 15) is 0 Å². The summed E-state index contributed by atoms with van der Waals surface area (Å²) in [6.07, 6.45) is 6.63. The van der Waals surface area contributed by atoms with Crippen LogP contribution in [-0.4, -0.2) is 19.1 Å². The second kappa shape index (κ2) is 6.36. The van der Waals surface area contributed by atoms with Gasteiger partial charge in [-0.15, -0.1) is 0 Å². The summed E-state index contributed by atoms with van der Waals surface area (Å²) in [5.74, 6) is 0.915. The molecular formula is C17H25ClN2. The van der Waals surface area contributed by atoms with Crippen LogP contribution >= 0.6 is 11.6 Å². The Hall–Kier alpha value is -0.730. The van der Waals surface area contributed by atoms with Crippen molar-refractivity contribution in [2.75, 3.05) is 18.0 Å². The summed E-state index contributed by atoms with van der Waals surface area (Å²) < 4.78 is 0. The van der Waals surface area contributed by atoms with E-state index >= 15 is 0 Å². The van der Waals surface area contributed by atoms with E-state index in [0.717, 1.165) is 23.5 Å². The summed E-state index contributed by atoms with van der Waals surface area (Å²) >= 11 is 6.22. The van der Waals surface area contributed by atoms with E-state index in [1.54, 1.807) is 0 Å². The fourth-order valence-electron chi connectivity index (χ4n) is 3.10. The number of piperidine rings is 1. The number of nitrogens with one attached hydrogen (secondary N) is 1. The number of hydrogen-bond donors (Lipinski definition) is 1. The normalized spacial score (nSPS) is 20.4. The molecule has 0 unspecified atom stereocenters. The Morgan fingerprint density at radius 3 is 2.60 bits per heavy atom. The van der Waals surface area contributed by atoms with Crippen LogP contribution in [0.25, 0.3) is 0 Å². The summed E-state index contributed by atoms with van der Waals surface area (Å²) in [6.45, 7) is 5.64. The Morgan fingerprint density at radius 1 is 1.20 bits per heavy atom. The molecule has 1 saturated carbocycles. The molecule has 20 heavy (non-hydrogen) atoms. The van der Waals surface area contributed by atoms with Crippen LogP contribution < -0.4 is 10.2 Å². The molecule has 2 fully saturated rings. The molecule has 3 rings (SSSR count). The molecule has 1 saturated heterocycles. The average Bonchev–Trinajstić information content (AvgIpc) is 3.30. The lowest BCUT2D eigenvalue weighted by Gasteiger charge is -2.34. The first kappa shape index (κ1) is 14.2. The fourth-order valence-corrected chi connectivity index (χ4v) is 3.27. The molecule has 1 N–H and O–H groups in total. The number of benzene rings is 1. The van der Waals surface area contributed by atoms with Crippen LogP contribution in [0.2, 0.25) is 5.02 Å². The van der Waals surface area contributed by atoms with Crippen molar-refractivity contribution < 1.29 is 0 Å². The molecule has 1 aromatic carbocycles. The van der Waals surface area contributed by atoms with Crippen molar-refractivity contribution in [1.82, 2.24) is 5.32 Å². The van der Waals surface area contributed by atoms with Gasteiger partial charge in [-0.1, -0.05) is 31.0 Å². The smallest absolute Gasteiger partial charge is 0.0426 e. The number of halogens is 1. The summed E-state index contributed by atoms with van der Waals surface area (Å²) in [5, 5.41) is 4.48. The number of rotatable bonds is 5. The molecule has 2 nitrogen and oxygen atoms in total. The van der Waals surface area contributed by atoms with E-state index in [0.29, 0.717) is 0 Å². The number of anilines is 1. The highest BCUT2D eigenvalue weighted by atomic mass is 35.5. The van der Waals surface area contributed by atoms with Crippen molar-refractivity contribution in [3.63, 3.8) is 0 Å². The van der Waals surface area contributed by atoms with E-state index in [-0.39, 0.29) is 0 Å². The summed E-state index contributed by atoms with van der Waals surface area (Å²) in [6, 6.07) is 7.12. The van der Waals surface area contributed by atoms with Gasteiger partial charge in [0.2, 0.25) is 0 Å². The van der Waals surface area contributed by atoms with E-state index in [4.69, 9.17) is 11.6 Å². The van der Waals surface area contributed by atoms with E-state index < -0.39 is 0 Å². The molecule has 1 heterocycles. The van der Waals surface area contributed by atoms with Crippen LogP contribution in [0.4, 0.5) is 5.69 Å². The van der Waals surface area contributed by atoms with Gasteiger partial charge < -0.3 is 10.2 Å². The van der Waals surface area contributed by atoms with Crippen LogP contribution in [0, 0.1) is 5.92 Å². The molecule has 0 bridgehead atoms. The van der Waals surface area contributed by atoms with Crippen LogP contribution in [0.3, 0.4) is 0 Å². The Morgan fingerprint density at radius 2 is 1.95 bits per heavy atom. The minimum atomic E-state index is 0.754.